The fourth-order valence-corrected chi connectivity index (χ4v) is 2.16. The smallest absolute Gasteiger partial charge is 0.338 e. The number of carbonyl (C=O) groups is 1. The summed E-state index contributed by atoms with van der Waals surface area (Å²) in [5, 5.41) is 11.6. The third-order valence-electron chi connectivity index (χ3n) is 2.69. The van der Waals surface area contributed by atoms with E-state index in [4.69, 9.17) is 5.11 Å². The second kappa shape index (κ2) is 8.74. The van der Waals surface area contributed by atoms with Gasteiger partial charge in [-0.2, -0.15) is 11.8 Å². The van der Waals surface area contributed by atoms with Gasteiger partial charge in [0.2, 0.25) is 0 Å². The molecule has 0 aromatic carbocycles. The van der Waals surface area contributed by atoms with Crippen molar-refractivity contribution in [1.29, 1.82) is 0 Å². The van der Waals surface area contributed by atoms with Crippen molar-refractivity contribution in [2.24, 2.45) is 0 Å². The van der Waals surface area contributed by atoms with E-state index in [0.29, 0.717) is 6.54 Å². The molecule has 1 rings (SSSR count). The Morgan fingerprint density at radius 1 is 1.42 bits per heavy atom. The molecule has 0 saturated heterocycles. The van der Waals surface area contributed by atoms with E-state index in [9.17, 15) is 9.18 Å². The largest absolute Gasteiger partial charge is 0.478 e. The number of carboxylic acid groups (broad SMARTS) is 1. The molecule has 0 fully saturated rings. The summed E-state index contributed by atoms with van der Waals surface area (Å²) in [6.07, 6.45) is 7.75. The quantitative estimate of drug-likeness (QED) is 0.682. The zero-order valence-corrected chi connectivity index (χ0v) is 11.8. The molecular weight excluding hydrogens is 267 g/mol. The molecule has 1 aromatic rings. The number of carboxylic acids is 1. The van der Waals surface area contributed by atoms with Crippen molar-refractivity contribution in [3.8, 4) is 0 Å². The predicted octanol–water partition coefficient (Wildman–Crippen LogP) is 3.25. The van der Waals surface area contributed by atoms with E-state index in [-0.39, 0.29) is 11.4 Å². The van der Waals surface area contributed by atoms with Crippen LogP contribution in [0.3, 0.4) is 0 Å². The minimum atomic E-state index is -1.28. The molecule has 19 heavy (non-hydrogen) atoms. The molecule has 0 bridgehead atoms. The highest BCUT2D eigenvalue weighted by Crippen LogP contribution is 2.15. The van der Waals surface area contributed by atoms with Gasteiger partial charge in [-0.05, 0) is 30.9 Å². The van der Waals surface area contributed by atoms with Gasteiger partial charge in [0, 0.05) is 12.7 Å². The van der Waals surface area contributed by atoms with Crippen LogP contribution in [0.4, 0.5) is 10.2 Å². The van der Waals surface area contributed by atoms with Crippen LogP contribution in [0.2, 0.25) is 0 Å². The number of pyridine rings is 1. The summed E-state index contributed by atoms with van der Waals surface area (Å²) in [6.45, 7) is 0.603. The Labute approximate surface area is 116 Å². The summed E-state index contributed by atoms with van der Waals surface area (Å²) in [7, 11) is 0. The van der Waals surface area contributed by atoms with Gasteiger partial charge in [-0.1, -0.05) is 12.8 Å². The minimum Gasteiger partial charge on any atom is -0.478 e. The zero-order chi connectivity index (χ0) is 14.1. The number of aromatic carboxylic acids is 1. The van der Waals surface area contributed by atoms with Crippen LogP contribution in [0.1, 0.15) is 36.0 Å². The molecule has 0 unspecified atom stereocenters. The first-order chi connectivity index (χ1) is 9.16. The molecule has 0 radical (unpaired) electrons. The number of thioether (sulfide) groups is 1. The molecule has 1 heterocycles. The monoisotopic (exact) mass is 286 g/mol. The highest BCUT2D eigenvalue weighted by Gasteiger charge is 2.14. The minimum absolute atomic E-state index is 0.0176. The van der Waals surface area contributed by atoms with Crippen molar-refractivity contribution in [3.63, 3.8) is 0 Å². The molecule has 0 spiro atoms. The summed E-state index contributed by atoms with van der Waals surface area (Å²) >= 11 is 1.84. The first-order valence-corrected chi connectivity index (χ1v) is 7.66. The van der Waals surface area contributed by atoms with Gasteiger partial charge in [0.15, 0.2) is 11.6 Å². The number of anilines is 1. The van der Waals surface area contributed by atoms with Crippen molar-refractivity contribution in [2.75, 3.05) is 23.9 Å². The number of nitrogens with zero attached hydrogens (tertiary/aromatic N) is 1. The summed E-state index contributed by atoms with van der Waals surface area (Å²) in [4.78, 5) is 14.6. The first kappa shape index (κ1) is 15.8. The van der Waals surface area contributed by atoms with E-state index in [1.807, 2.05) is 11.8 Å². The van der Waals surface area contributed by atoms with Gasteiger partial charge in [0.25, 0.3) is 0 Å². The van der Waals surface area contributed by atoms with Gasteiger partial charge in [0.05, 0.1) is 0 Å². The second-order valence-corrected chi connectivity index (χ2v) is 5.15. The lowest BCUT2D eigenvalue weighted by atomic mass is 10.2. The zero-order valence-electron chi connectivity index (χ0n) is 11.0. The molecule has 0 aliphatic carbocycles. The number of rotatable bonds is 9. The summed E-state index contributed by atoms with van der Waals surface area (Å²) < 4.78 is 13.7. The normalized spacial score (nSPS) is 10.4. The highest BCUT2D eigenvalue weighted by atomic mass is 32.2. The Balaban J connectivity index is 2.33. The topological polar surface area (TPSA) is 62.2 Å². The van der Waals surface area contributed by atoms with Gasteiger partial charge >= 0.3 is 5.97 Å². The fourth-order valence-electron chi connectivity index (χ4n) is 1.66. The predicted molar refractivity (Wildman–Crippen MR) is 76.5 cm³/mol. The first-order valence-electron chi connectivity index (χ1n) is 6.27. The van der Waals surface area contributed by atoms with E-state index in [1.165, 1.54) is 18.4 Å². The molecule has 1 aromatic heterocycles. The molecule has 0 amide bonds. The number of hydrogen-bond acceptors (Lipinski definition) is 4. The molecule has 106 valence electrons. The van der Waals surface area contributed by atoms with Crippen LogP contribution >= 0.6 is 11.8 Å². The Kier molecular flexibility index (Phi) is 7.25. The van der Waals surface area contributed by atoms with Gasteiger partial charge in [0.1, 0.15) is 5.56 Å². The van der Waals surface area contributed by atoms with Crippen molar-refractivity contribution in [2.45, 2.75) is 25.7 Å². The highest BCUT2D eigenvalue weighted by molar-refractivity contribution is 7.98. The van der Waals surface area contributed by atoms with Crippen LogP contribution in [-0.4, -0.2) is 34.6 Å². The lowest BCUT2D eigenvalue weighted by Gasteiger charge is -2.07. The van der Waals surface area contributed by atoms with E-state index in [1.54, 1.807) is 0 Å². The van der Waals surface area contributed by atoms with Crippen molar-refractivity contribution in [1.82, 2.24) is 4.98 Å². The van der Waals surface area contributed by atoms with E-state index in [2.05, 4.69) is 16.6 Å². The fraction of sp³-hybridized carbons (Fsp3) is 0.538. The number of nitrogens with one attached hydrogen (secondary N) is 1. The summed E-state index contributed by atoms with van der Waals surface area (Å²) in [5.74, 6) is -0.883. The third-order valence-corrected chi connectivity index (χ3v) is 3.38. The molecule has 0 saturated carbocycles. The number of hydrogen-bond donors (Lipinski definition) is 2. The lowest BCUT2D eigenvalue weighted by Crippen LogP contribution is -2.09. The van der Waals surface area contributed by atoms with Crippen LogP contribution in [0, 0.1) is 5.82 Å². The van der Waals surface area contributed by atoms with Crippen LogP contribution < -0.4 is 5.32 Å². The molecule has 0 aliphatic rings. The standard InChI is InChI=1S/C13H19FN2O2S/c1-19-9-5-3-2-4-7-15-12-11(14)10(13(17)18)6-8-16-12/h6,8H,2-5,7,9H2,1H3,(H,15,16)(H,17,18). The second-order valence-electron chi connectivity index (χ2n) is 4.16. The number of halogens is 1. The molecule has 6 heteroatoms. The van der Waals surface area contributed by atoms with Crippen LogP contribution in [0.15, 0.2) is 12.3 Å². The SMILES string of the molecule is CSCCCCCCNc1nccc(C(=O)O)c1F. The Morgan fingerprint density at radius 3 is 2.84 bits per heavy atom. The van der Waals surface area contributed by atoms with E-state index in [0.717, 1.165) is 25.3 Å². The third kappa shape index (κ3) is 5.46. The van der Waals surface area contributed by atoms with E-state index < -0.39 is 11.8 Å². The summed E-state index contributed by atoms with van der Waals surface area (Å²) in [6, 6.07) is 1.16. The Hall–Kier alpha value is -1.30. The molecular formula is C13H19FN2O2S. The maximum atomic E-state index is 13.7. The summed E-state index contributed by atoms with van der Waals surface area (Å²) in [5.41, 5.74) is -0.350. The van der Waals surface area contributed by atoms with Crippen molar-refractivity contribution < 1.29 is 14.3 Å². The van der Waals surface area contributed by atoms with Gasteiger partial charge in [-0.15, -0.1) is 0 Å². The van der Waals surface area contributed by atoms with E-state index >= 15 is 0 Å². The lowest BCUT2D eigenvalue weighted by molar-refractivity contribution is 0.0692. The van der Waals surface area contributed by atoms with Crippen molar-refractivity contribution in [3.05, 3.63) is 23.6 Å². The van der Waals surface area contributed by atoms with Crippen LogP contribution in [-0.2, 0) is 0 Å². The molecule has 4 nitrogen and oxygen atoms in total. The Morgan fingerprint density at radius 2 is 2.16 bits per heavy atom. The van der Waals surface area contributed by atoms with Crippen LogP contribution in [0.5, 0.6) is 0 Å². The average molecular weight is 286 g/mol. The van der Waals surface area contributed by atoms with Gasteiger partial charge in [-0.25, -0.2) is 14.2 Å². The number of unbranched alkanes of at least 4 members (excludes halogenated alkanes) is 3. The molecule has 2 N–H and O–H groups in total. The van der Waals surface area contributed by atoms with Gasteiger partial charge < -0.3 is 10.4 Å². The molecule has 0 atom stereocenters. The molecule has 0 aliphatic heterocycles. The van der Waals surface area contributed by atoms with Gasteiger partial charge in [-0.3, -0.25) is 0 Å². The Bertz CT molecular complexity index is 416. The maximum Gasteiger partial charge on any atom is 0.338 e. The number of aromatic nitrogens is 1. The van der Waals surface area contributed by atoms with Crippen molar-refractivity contribution >= 4 is 23.5 Å². The maximum absolute atomic E-state index is 13.7. The average Bonchev–Trinajstić information content (AvgIpc) is 2.39. The van der Waals surface area contributed by atoms with Crippen LogP contribution in [0.25, 0.3) is 0 Å².